The van der Waals surface area contributed by atoms with E-state index >= 15 is 0 Å². The second-order valence-corrected chi connectivity index (χ2v) is 5.95. The summed E-state index contributed by atoms with van der Waals surface area (Å²) in [4.78, 5) is 33.0. The number of carbonyl (C=O) groups is 1. The van der Waals surface area contributed by atoms with Crippen molar-refractivity contribution in [2.75, 3.05) is 13.6 Å². The maximum atomic E-state index is 12.5. The van der Waals surface area contributed by atoms with Crippen molar-refractivity contribution in [3.8, 4) is 0 Å². The van der Waals surface area contributed by atoms with Gasteiger partial charge in [0.1, 0.15) is 11.4 Å². The number of hydrogen-bond donors (Lipinski definition) is 1. The topological polar surface area (TPSA) is 71.0 Å². The lowest BCUT2D eigenvalue weighted by Crippen LogP contribution is -2.37. The highest BCUT2D eigenvalue weighted by atomic mass is 16.2. The van der Waals surface area contributed by atoms with Crippen LogP contribution >= 0.6 is 0 Å². The molecule has 2 aromatic heterocycles. The van der Waals surface area contributed by atoms with Crippen LogP contribution in [0, 0.1) is 12.8 Å². The second kappa shape index (κ2) is 5.79. The van der Waals surface area contributed by atoms with Crippen LogP contribution in [0.2, 0.25) is 0 Å². The molecule has 0 aliphatic carbocycles. The highest BCUT2D eigenvalue weighted by molar-refractivity contribution is 5.95. The Morgan fingerprint density at radius 3 is 3.14 bits per heavy atom. The summed E-state index contributed by atoms with van der Waals surface area (Å²) in [5, 5.41) is 0. The van der Waals surface area contributed by atoms with Gasteiger partial charge in [-0.15, -0.1) is 0 Å². The number of fused-ring (bicyclic) bond motifs is 1. The number of pyridine rings is 1. The number of amides is 1. The van der Waals surface area contributed by atoms with Crippen molar-refractivity contribution >= 4 is 5.91 Å². The molecule has 22 heavy (non-hydrogen) atoms. The first-order valence-corrected chi connectivity index (χ1v) is 7.50. The minimum Gasteiger partial charge on any atom is -0.341 e. The van der Waals surface area contributed by atoms with Crippen LogP contribution < -0.4 is 5.56 Å². The van der Waals surface area contributed by atoms with Crippen molar-refractivity contribution in [2.45, 2.75) is 26.3 Å². The Hall–Kier alpha value is -2.37. The molecule has 3 heterocycles. The highest BCUT2D eigenvalue weighted by Crippen LogP contribution is 2.20. The summed E-state index contributed by atoms with van der Waals surface area (Å²) in [7, 11) is 1.76. The Labute approximate surface area is 128 Å². The molecule has 1 aliphatic rings. The SMILES string of the molecule is Cc1cc[nH]c(=O)c1C(=O)N(C)C[C@H]1CCn2ccnc2C1. The number of carbonyl (C=O) groups excluding carboxylic acids is 1. The van der Waals surface area contributed by atoms with E-state index in [2.05, 4.69) is 14.5 Å². The fourth-order valence-corrected chi connectivity index (χ4v) is 3.08. The van der Waals surface area contributed by atoms with Crippen molar-refractivity contribution in [1.82, 2.24) is 19.4 Å². The van der Waals surface area contributed by atoms with Crippen LogP contribution in [-0.2, 0) is 13.0 Å². The minimum absolute atomic E-state index is 0.215. The normalized spacial score (nSPS) is 17.1. The lowest BCUT2D eigenvalue weighted by Gasteiger charge is -2.28. The van der Waals surface area contributed by atoms with Gasteiger partial charge in [-0.2, -0.15) is 0 Å². The summed E-state index contributed by atoms with van der Waals surface area (Å²) in [5.41, 5.74) is 0.623. The molecule has 1 atom stereocenters. The number of imidazole rings is 1. The van der Waals surface area contributed by atoms with E-state index in [0.29, 0.717) is 18.0 Å². The smallest absolute Gasteiger partial charge is 0.261 e. The number of nitrogens with zero attached hydrogens (tertiary/aromatic N) is 3. The first-order chi connectivity index (χ1) is 10.6. The van der Waals surface area contributed by atoms with Crippen molar-refractivity contribution in [3.63, 3.8) is 0 Å². The number of H-pyrrole nitrogens is 1. The van der Waals surface area contributed by atoms with Gasteiger partial charge in [-0.25, -0.2) is 4.98 Å². The number of rotatable bonds is 3. The zero-order valence-electron chi connectivity index (χ0n) is 12.9. The van der Waals surface area contributed by atoms with Gasteiger partial charge in [0.15, 0.2) is 0 Å². The first kappa shape index (κ1) is 14.6. The third-order valence-corrected chi connectivity index (χ3v) is 4.31. The molecule has 0 radical (unpaired) electrons. The molecule has 0 bridgehead atoms. The van der Waals surface area contributed by atoms with Crippen molar-refractivity contribution in [1.29, 1.82) is 0 Å². The van der Waals surface area contributed by atoms with Crippen LogP contribution in [0.15, 0.2) is 29.5 Å². The average molecular weight is 300 g/mol. The van der Waals surface area contributed by atoms with Gasteiger partial charge in [-0.3, -0.25) is 9.59 Å². The summed E-state index contributed by atoms with van der Waals surface area (Å²) >= 11 is 0. The Bertz CT molecular complexity index is 747. The molecule has 3 rings (SSSR count). The average Bonchev–Trinajstić information content (AvgIpc) is 2.94. The third-order valence-electron chi connectivity index (χ3n) is 4.31. The van der Waals surface area contributed by atoms with E-state index in [1.165, 1.54) is 0 Å². The molecule has 1 amide bonds. The van der Waals surface area contributed by atoms with Crippen LogP contribution in [0.1, 0.15) is 28.2 Å². The maximum Gasteiger partial charge on any atom is 0.261 e. The van der Waals surface area contributed by atoms with Gasteiger partial charge in [0.2, 0.25) is 0 Å². The van der Waals surface area contributed by atoms with Crippen molar-refractivity contribution in [3.05, 3.63) is 52.0 Å². The fourth-order valence-electron chi connectivity index (χ4n) is 3.08. The van der Waals surface area contributed by atoms with Gasteiger partial charge in [0.05, 0.1) is 0 Å². The van der Waals surface area contributed by atoms with Crippen LogP contribution in [-0.4, -0.2) is 38.9 Å². The lowest BCUT2D eigenvalue weighted by atomic mass is 9.97. The molecule has 1 aliphatic heterocycles. The van der Waals surface area contributed by atoms with Crippen molar-refractivity contribution < 1.29 is 4.79 Å². The monoisotopic (exact) mass is 300 g/mol. The van der Waals surface area contributed by atoms with Gasteiger partial charge in [-0.1, -0.05) is 0 Å². The zero-order chi connectivity index (χ0) is 15.7. The summed E-state index contributed by atoms with van der Waals surface area (Å²) < 4.78 is 2.16. The third kappa shape index (κ3) is 2.68. The van der Waals surface area contributed by atoms with Crippen molar-refractivity contribution in [2.24, 2.45) is 5.92 Å². The van der Waals surface area contributed by atoms with E-state index in [-0.39, 0.29) is 17.0 Å². The molecule has 0 saturated heterocycles. The summed E-state index contributed by atoms with van der Waals surface area (Å²) in [5.74, 6) is 1.24. The summed E-state index contributed by atoms with van der Waals surface area (Å²) in [6.45, 7) is 3.36. The second-order valence-electron chi connectivity index (χ2n) is 5.95. The van der Waals surface area contributed by atoms with Gasteiger partial charge >= 0.3 is 0 Å². The molecule has 116 valence electrons. The molecule has 1 N–H and O–H groups in total. The zero-order valence-corrected chi connectivity index (χ0v) is 12.9. The largest absolute Gasteiger partial charge is 0.341 e. The standard InChI is InChI=1S/C16H20N4O2/c1-11-3-5-18-15(21)14(11)16(22)19(2)10-12-4-7-20-8-6-17-13(20)9-12/h3,5-6,8,12H,4,7,9-10H2,1-2H3,(H,18,21)/t12-/m0/s1. The van der Waals surface area contributed by atoms with Gasteiger partial charge in [0.25, 0.3) is 11.5 Å². The predicted molar refractivity (Wildman–Crippen MR) is 82.8 cm³/mol. The van der Waals surface area contributed by atoms with Crippen LogP contribution in [0.25, 0.3) is 0 Å². The van der Waals surface area contributed by atoms with E-state index in [9.17, 15) is 9.59 Å². The minimum atomic E-state index is -0.323. The molecule has 0 fully saturated rings. The Balaban J connectivity index is 1.71. The number of hydrogen-bond acceptors (Lipinski definition) is 3. The number of nitrogens with one attached hydrogen (secondary N) is 1. The van der Waals surface area contributed by atoms with Crippen LogP contribution in [0.4, 0.5) is 0 Å². The molecule has 2 aromatic rings. The van der Waals surface area contributed by atoms with Gasteiger partial charge in [0, 0.05) is 45.1 Å². The van der Waals surface area contributed by atoms with Crippen LogP contribution in [0.5, 0.6) is 0 Å². The van der Waals surface area contributed by atoms with E-state index < -0.39 is 0 Å². The van der Waals surface area contributed by atoms with E-state index in [1.54, 1.807) is 31.1 Å². The molecule has 0 spiro atoms. The number of aromatic amines is 1. The van der Waals surface area contributed by atoms with Gasteiger partial charge < -0.3 is 14.5 Å². The van der Waals surface area contributed by atoms with Crippen LogP contribution in [0.3, 0.4) is 0 Å². The quantitative estimate of drug-likeness (QED) is 0.926. The maximum absolute atomic E-state index is 12.5. The van der Waals surface area contributed by atoms with E-state index in [0.717, 1.165) is 25.2 Å². The van der Waals surface area contributed by atoms with Gasteiger partial charge in [-0.05, 0) is 30.9 Å². The lowest BCUT2D eigenvalue weighted by molar-refractivity contribution is 0.0761. The predicted octanol–water partition coefficient (Wildman–Crippen LogP) is 1.21. The summed E-state index contributed by atoms with van der Waals surface area (Å²) in [6.07, 6.45) is 7.27. The van der Waals surface area contributed by atoms with E-state index in [1.807, 2.05) is 12.4 Å². The Morgan fingerprint density at radius 2 is 2.36 bits per heavy atom. The summed E-state index contributed by atoms with van der Waals surface area (Å²) in [6, 6.07) is 1.75. The molecule has 0 unspecified atom stereocenters. The Kier molecular flexibility index (Phi) is 3.83. The molecule has 0 saturated carbocycles. The fraction of sp³-hybridized carbons (Fsp3) is 0.438. The first-order valence-electron chi connectivity index (χ1n) is 7.50. The molecular formula is C16H20N4O2. The number of aryl methyl sites for hydroxylation is 2. The van der Waals surface area contributed by atoms with E-state index in [4.69, 9.17) is 0 Å². The number of aromatic nitrogens is 3. The molecular weight excluding hydrogens is 280 g/mol. The molecule has 6 nitrogen and oxygen atoms in total. The molecule has 0 aromatic carbocycles. The highest BCUT2D eigenvalue weighted by Gasteiger charge is 2.24. The Morgan fingerprint density at radius 1 is 1.55 bits per heavy atom. The molecule has 6 heteroatoms.